The van der Waals surface area contributed by atoms with E-state index in [1.54, 1.807) is 6.92 Å². The summed E-state index contributed by atoms with van der Waals surface area (Å²) in [5.41, 5.74) is 3.01. The quantitative estimate of drug-likeness (QED) is 0.636. The van der Waals surface area contributed by atoms with Crippen molar-refractivity contribution in [1.29, 1.82) is 0 Å². The molecule has 0 radical (unpaired) electrons. The van der Waals surface area contributed by atoms with Crippen LogP contribution in [0.5, 0.6) is 11.5 Å². The molecule has 0 saturated heterocycles. The molecule has 0 atom stereocenters. The first-order valence-electron chi connectivity index (χ1n) is 7.99. The van der Waals surface area contributed by atoms with Crippen molar-refractivity contribution < 1.29 is 9.84 Å². The number of nitrogens with zero attached hydrogens (tertiary/aromatic N) is 3. The molecule has 0 bridgehead atoms. The SMILES string of the molecule is Cc1nc(N=Nc2ccccc2)c(O)c(C)c1OCc1ccccc1. The van der Waals surface area contributed by atoms with E-state index in [9.17, 15) is 5.11 Å². The average molecular weight is 333 g/mol. The van der Waals surface area contributed by atoms with Crippen LogP contribution < -0.4 is 4.74 Å². The largest absolute Gasteiger partial charge is 0.504 e. The number of hydrogen-bond acceptors (Lipinski definition) is 5. The summed E-state index contributed by atoms with van der Waals surface area (Å²) in [5.74, 6) is 0.735. The molecule has 5 heteroatoms. The summed E-state index contributed by atoms with van der Waals surface area (Å²) in [6.45, 7) is 4.02. The molecule has 0 aliphatic rings. The highest BCUT2D eigenvalue weighted by Crippen LogP contribution is 2.37. The smallest absolute Gasteiger partial charge is 0.217 e. The second-order valence-electron chi connectivity index (χ2n) is 5.63. The third-order valence-electron chi connectivity index (χ3n) is 3.75. The van der Waals surface area contributed by atoms with Crippen LogP contribution in [0.1, 0.15) is 16.8 Å². The molecule has 1 aromatic heterocycles. The Labute approximate surface area is 146 Å². The Hall–Kier alpha value is -3.21. The first-order chi connectivity index (χ1) is 12.1. The molecule has 126 valence electrons. The van der Waals surface area contributed by atoms with E-state index in [0.717, 1.165) is 5.56 Å². The van der Waals surface area contributed by atoms with E-state index in [1.165, 1.54) is 0 Å². The van der Waals surface area contributed by atoms with Gasteiger partial charge in [-0.05, 0) is 31.5 Å². The number of azo groups is 1. The van der Waals surface area contributed by atoms with Gasteiger partial charge in [-0.15, -0.1) is 10.2 Å². The zero-order valence-electron chi connectivity index (χ0n) is 14.2. The zero-order chi connectivity index (χ0) is 17.6. The van der Waals surface area contributed by atoms with E-state index in [2.05, 4.69) is 15.2 Å². The van der Waals surface area contributed by atoms with Gasteiger partial charge in [0.05, 0.1) is 11.4 Å². The van der Waals surface area contributed by atoms with Crippen LogP contribution in [-0.2, 0) is 6.61 Å². The van der Waals surface area contributed by atoms with Crippen molar-refractivity contribution in [3.63, 3.8) is 0 Å². The lowest BCUT2D eigenvalue weighted by Gasteiger charge is -2.13. The molecule has 0 spiro atoms. The summed E-state index contributed by atoms with van der Waals surface area (Å²) in [7, 11) is 0. The van der Waals surface area contributed by atoms with Gasteiger partial charge in [-0.3, -0.25) is 0 Å². The summed E-state index contributed by atoms with van der Waals surface area (Å²) in [5, 5.41) is 18.6. The lowest BCUT2D eigenvalue weighted by atomic mass is 10.2. The van der Waals surface area contributed by atoms with Gasteiger partial charge in [0.2, 0.25) is 5.82 Å². The molecule has 25 heavy (non-hydrogen) atoms. The molecule has 0 saturated carbocycles. The Morgan fingerprint density at radius 3 is 2.24 bits per heavy atom. The molecule has 1 heterocycles. The van der Waals surface area contributed by atoms with Crippen LogP contribution in [0, 0.1) is 13.8 Å². The number of rotatable bonds is 5. The van der Waals surface area contributed by atoms with Gasteiger partial charge in [-0.2, -0.15) is 0 Å². The van der Waals surface area contributed by atoms with Crippen LogP contribution in [0.15, 0.2) is 70.9 Å². The van der Waals surface area contributed by atoms with Crippen molar-refractivity contribution in [2.45, 2.75) is 20.5 Å². The van der Waals surface area contributed by atoms with Crippen LogP contribution in [0.3, 0.4) is 0 Å². The second-order valence-corrected chi connectivity index (χ2v) is 5.63. The van der Waals surface area contributed by atoms with Crippen molar-refractivity contribution in [2.75, 3.05) is 0 Å². The predicted octanol–water partition coefficient (Wildman–Crippen LogP) is 5.40. The van der Waals surface area contributed by atoms with Crippen LogP contribution in [0.25, 0.3) is 0 Å². The second kappa shape index (κ2) is 7.57. The highest BCUT2D eigenvalue weighted by Gasteiger charge is 2.15. The monoisotopic (exact) mass is 333 g/mol. The lowest BCUT2D eigenvalue weighted by Crippen LogP contribution is -2.00. The standard InChI is InChI=1S/C20H19N3O2/c1-14-18(24)20(23-22-17-11-7-4-8-12-17)21-15(2)19(14)25-13-16-9-5-3-6-10-16/h3-12,24H,13H2,1-2H3. The summed E-state index contributed by atoms with van der Waals surface area (Å²) < 4.78 is 5.86. The van der Waals surface area contributed by atoms with E-state index in [-0.39, 0.29) is 11.6 Å². The fourth-order valence-corrected chi connectivity index (χ4v) is 2.42. The average Bonchev–Trinajstić information content (AvgIpc) is 2.65. The molecule has 3 rings (SSSR count). The van der Waals surface area contributed by atoms with Crippen molar-refractivity contribution in [3.05, 3.63) is 77.5 Å². The molecule has 2 aromatic carbocycles. The van der Waals surface area contributed by atoms with Gasteiger partial charge < -0.3 is 9.84 Å². The minimum absolute atomic E-state index is 0.0201. The van der Waals surface area contributed by atoms with Gasteiger partial charge in [0.15, 0.2) is 5.75 Å². The van der Waals surface area contributed by atoms with E-state index < -0.39 is 0 Å². The van der Waals surface area contributed by atoms with Gasteiger partial charge in [0.1, 0.15) is 12.4 Å². The fraction of sp³-hybridized carbons (Fsp3) is 0.150. The maximum atomic E-state index is 10.4. The van der Waals surface area contributed by atoms with Gasteiger partial charge in [-0.25, -0.2) is 4.98 Å². The van der Waals surface area contributed by atoms with Gasteiger partial charge in [0, 0.05) is 5.56 Å². The van der Waals surface area contributed by atoms with Crippen molar-refractivity contribution in [1.82, 2.24) is 4.98 Å². The van der Waals surface area contributed by atoms with Crippen molar-refractivity contribution >= 4 is 11.5 Å². The van der Waals surface area contributed by atoms with Gasteiger partial charge in [0.25, 0.3) is 0 Å². The Bertz CT molecular complexity index is 878. The van der Waals surface area contributed by atoms with Gasteiger partial charge >= 0.3 is 0 Å². The first-order valence-corrected chi connectivity index (χ1v) is 7.99. The van der Waals surface area contributed by atoms with E-state index in [0.29, 0.717) is 29.3 Å². The first kappa shape index (κ1) is 16.6. The lowest BCUT2D eigenvalue weighted by molar-refractivity contribution is 0.298. The van der Waals surface area contributed by atoms with E-state index in [1.807, 2.05) is 67.6 Å². The highest BCUT2D eigenvalue weighted by atomic mass is 16.5. The molecule has 0 aliphatic heterocycles. The van der Waals surface area contributed by atoms with E-state index >= 15 is 0 Å². The molecule has 3 aromatic rings. The summed E-state index contributed by atoms with van der Waals surface area (Å²) in [6.07, 6.45) is 0. The Morgan fingerprint density at radius 2 is 1.56 bits per heavy atom. The number of aryl methyl sites for hydroxylation is 1. The number of aromatic hydroxyl groups is 1. The topological polar surface area (TPSA) is 67.1 Å². The Kier molecular flexibility index (Phi) is 5.04. The molecule has 0 unspecified atom stereocenters. The number of hydrogen-bond donors (Lipinski definition) is 1. The zero-order valence-corrected chi connectivity index (χ0v) is 14.2. The number of aromatic nitrogens is 1. The molecule has 5 nitrogen and oxygen atoms in total. The number of benzene rings is 2. The molecule has 0 aliphatic carbocycles. The third kappa shape index (κ3) is 4.01. The van der Waals surface area contributed by atoms with E-state index in [4.69, 9.17) is 4.74 Å². The maximum Gasteiger partial charge on any atom is 0.217 e. The fourth-order valence-electron chi connectivity index (χ4n) is 2.42. The highest BCUT2D eigenvalue weighted by molar-refractivity contribution is 5.56. The summed E-state index contributed by atoms with van der Waals surface area (Å²) in [4.78, 5) is 4.33. The molecular formula is C20H19N3O2. The Morgan fingerprint density at radius 1 is 0.920 bits per heavy atom. The number of ether oxygens (including phenoxy) is 1. The van der Waals surface area contributed by atoms with Crippen LogP contribution in [0.4, 0.5) is 11.5 Å². The third-order valence-corrected chi connectivity index (χ3v) is 3.75. The maximum absolute atomic E-state index is 10.4. The summed E-state index contributed by atoms with van der Waals surface area (Å²) >= 11 is 0. The Balaban J connectivity index is 1.83. The van der Waals surface area contributed by atoms with Gasteiger partial charge in [-0.1, -0.05) is 48.5 Å². The van der Waals surface area contributed by atoms with Crippen molar-refractivity contribution in [3.8, 4) is 11.5 Å². The number of pyridine rings is 1. The summed E-state index contributed by atoms with van der Waals surface area (Å²) in [6, 6.07) is 19.2. The minimum atomic E-state index is -0.0201. The van der Waals surface area contributed by atoms with Crippen molar-refractivity contribution in [2.24, 2.45) is 10.2 Å². The molecule has 0 fully saturated rings. The molecule has 0 amide bonds. The van der Waals surface area contributed by atoms with Crippen LogP contribution in [-0.4, -0.2) is 10.1 Å². The molecule has 1 N–H and O–H groups in total. The normalized spacial score (nSPS) is 11.0. The predicted molar refractivity (Wildman–Crippen MR) is 96.8 cm³/mol. The minimum Gasteiger partial charge on any atom is -0.504 e. The van der Waals surface area contributed by atoms with Crippen LogP contribution in [0.2, 0.25) is 0 Å². The molecular weight excluding hydrogens is 314 g/mol. The van der Waals surface area contributed by atoms with Crippen LogP contribution >= 0.6 is 0 Å².